The number of amides is 1. The maximum Gasteiger partial charge on any atom is 0.257 e. The van der Waals surface area contributed by atoms with Crippen LogP contribution in [0.3, 0.4) is 0 Å². The lowest BCUT2D eigenvalue weighted by Crippen LogP contribution is -2.33. The number of hydrogen-bond acceptors (Lipinski definition) is 3. The highest BCUT2D eigenvalue weighted by Gasteiger charge is 2.18. The highest BCUT2D eigenvalue weighted by molar-refractivity contribution is 7.80. The Morgan fingerprint density at radius 3 is 2.76 bits per heavy atom. The lowest BCUT2D eigenvalue weighted by atomic mass is 10.2. The Morgan fingerprint density at radius 2 is 2.24 bits per heavy atom. The van der Waals surface area contributed by atoms with Gasteiger partial charge in [0.15, 0.2) is 0 Å². The van der Waals surface area contributed by atoms with Crippen molar-refractivity contribution in [1.82, 2.24) is 4.90 Å². The van der Waals surface area contributed by atoms with Crippen LogP contribution in [0.5, 0.6) is 0 Å². The zero-order valence-corrected chi connectivity index (χ0v) is 11.0. The zero-order valence-electron chi connectivity index (χ0n) is 10.2. The van der Waals surface area contributed by atoms with Crippen molar-refractivity contribution in [3.05, 3.63) is 23.7 Å². The number of carbonyl (C=O) groups is 1. The molecule has 4 nitrogen and oxygen atoms in total. The third-order valence-electron chi connectivity index (χ3n) is 2.59. The summed E-state index contributed by atoms with van der Waals surface area (Å²) < 4.78 is 5.26. The van der Waals surface area contributed by atoms with Gasteiger partial charge < -0.3 is 15.1 Å². The van der Waals surface area contributed by atoms with E-state index in [-0.39, 0.29) is 5.91 Å². The molecule has 0 aliphatic carbocycles. The zero-order chi connectivity index (χ0) is 12.8. The van der Waals surface area contributed by atoms with Gasteiger partial charge >= 0.3 is 0 Å². The van der Waals surface area contributed by atoms with Gasteiger partial charge in [-0.3, -0.25) is 4.79 Å². The fourth-order valence-electron chi connectivity index (χ4n) is 1.62. The Labute approximate surface area is 107 Å². The second kappa shape index (κ2) is 6.39. The first-order valence-electron chi connectivity index (χ1n) is 5.74. The summed E-state index contributed by atoms with van der Waals surface area (Å²) in [6, 6.07) is 1.71. The molecular weight excluding hydrogens is 236 g/mol. The number of nitrogens with zero attached hydrogens (tertiary/aromatic N) is 1. The second-order valence-corrected chi connectivity index (χ2v) is 4.24. The summed E-state index contributed by atoms with van der Waals surface area (Å²) in [6.45, 7) is 5.08. The van der Waals surface area contributed by atoms with Crippen molar-refractivity contribution in [3.63, 3.8) is 0 Å². The standard InChI is InChI=1S/C12H18N2O2S/c1-3-10-9(6-8-16-10)12(15)14(4-2)7-5-11(13)17/h6,8H,3-5,7H2,1-2H3,(H2,13,17). The highest BCUT2D eigenvalue weighted by Crippen LogP contribution is 2.14. The Bertz CT molecular complexity index is 401. The van der Waals surface area contributed by atoms with Crippen LogP contribution in [0.25, 0.3) is 0 Å². The minimum atomic E-state index is -0.0191. The van der Waals surface area contributed by atoms with Gasteiger partial charge in [-0.15, -0.1) is 0 Å². The van der Waals surface area contributed by atoms with Gasteiger partial charge in [-0.25, -0.2) is 0 Å². The number of carbonyl (C=O) groups excluding carboxylic acids is 1. The van der Waals surface area contributed by atoms with Crippen molar-refractivity contribution in [2.45, 2.75) is 26.7 Å². The summed E-state index contributed by atoms with van der Waals surface area (Å²) in [6.07, 6.45) is 2.81. The van der Waals surface area contributed by atoms with Gasteiger partial charge in [-0.05, 0) is 13.0 Å². The summed E-state index contributed by atoms with van der Waals surface area (Å²) in [5, 5.41) is 0. The van der Waals surface area contributed by atoms with Crippen molar-refractivity contribution in [3.8, 4) is 0 Å². The monoisotopic (exact) mass is 254 g/mol. The van der Waals surface area contributed by atoms with Crippen LogP contribution in [0, 0.1) is 0 Å². The molecule has 0 unspecified atom stereocenters. The molecule has 0 saturated carbocycles. The van der Waals surface area contributed by atoms with E-state index in [1.54, 1.807) is 17.2 Å². The molecule has 0 spiro atoms. The normalized spacial score (nSPS) is 10.2. The molecule has 0 bridgehead atoms. The third-order valence-corrected chi connectivity index (χ3v) is 2.80. The maximum atomic E-state index is 12.2. The molecule has 94 valence electrons. The second-order valence-electron chi connectivity index (χ2n) is 3.71. The first-order valence-corrected chi connectivity index (χ1v) is 6.14. The van der Waals surface area contributed by atoms with Crippen LogP contribution in [0.4, 0.5) is 0 Å². The van der Waals surface area contributed by atoms with Crippen LogP contribution in [0.15, 0.2) is 16.7 Å². The molecule has 1 rings (SSSR count). The van der Waals surface area contributed by atoms with Crippen LogP contribution in [-0.2, 0) is 6.42 Å². The van der Waals surface area contributed by atoms with Gasteiger partial charge in [0.1, 0.15) is 5.76 Å². The summed E-state index contributed by atoms with van der Waals surface area (Å²) >= 11 is 4.82. The Balaban J connectivity index is 2.75. The van der Waals surface area contributed by atoms with E-state index in [9.17, 15) is 4.79 Å². The SMILES string of the molecule is CCc1occc1C(=O)N(CC)CCC(N)=S. The average molecular weight is 254 g/mol. The van der Waals surface area contributed by atoms with E-state index in [4.69, 9.17) is 22.4 Å². The van der Waals surface area contributed by atoms with E-state index < -0.39 is 0 Å². The summed E-state index contributed by atoms with van der Waals surface area (Å²) in [5.41, 5.74) is 6.08. The topological polar surface area (TPSA) is 59.5 Å². The van der Waals surface area contributed by atoms with Crippen LogP contribution in [0.2, 0.25) is 0 Å². The maximum absolute atomic E-state index is 12.2. The molecule has 0 radical (unpaired) electrons. The molecule has 1 aromatic heterocycles. The predicted octanol–water partition coefficient (Wildman–Crippen LogP) is 1.98. The van der Waals surface area contributed by atoms with Crippen LogP contribution >= 0.6 is 12.2 Å². The molecule has 1 amide bonds. The summed E-state index contributed by atoms with van der Waals surface area (Å²) in [4.78, 5) is 14.4. The summed E-state index contributed by atoms with van der Waals surface area (Å²) in [7, 11) is 0. The molecule has 1 heterocycles. The molecule has 0 aliphatic rings. The van der Waals surface area contributed by atoms with Gasteiger partial charge in [-0.1, -0.05) is 19.1 Å². The van der Waals surface area contributed by atoms with Gasteiger partial charge in [0, 0.05) is 25.9 Å². The average Bonchev–Trinajstić information content (AvgIpc) is 2.77. The minimum Gasteiger partial charge on any atom is -0.469 e. The third kappa shape index (κ3) is 3.56. The molecule has 0 aromatic carbocycles. The predicted molar refractivity (Wildman–Crippen MR) is 71.1 cm³/mol. The smallest absolute Gasteiger partial charge is 0.257 e. The number of aryl methyl sites for hydroxylation is 1. The van der Waals surface area contributed by atoms with Gasteiger partial charge in [-0.2, -0.15) is 0 Å². The molecule has 2 N–H and O–H groups in total. The van der Waals surface area contributed by atoms with Crippen molar-refractivity contribution >= 4 is 23.1 Å². The lowest BCUT2D eigenvalue weighted by Gasteiger charge is -2.20. The van der Waals surface area contributed by atoms with E-state index in [0.717, 1.165) is 5.76 Å². The molecule has 1 aromatic rings. The molecule has 17 heavy (non-hydrogen) atoms. The van der Waals surface area contributed by atoms with E-state index in [2.05, 4.69) is 0 Å². The molecule has 5 heteroatoms. The molecule has 0 atom stereocenters. The Morgan fingerprint density at radius 1 is 1.53 bits per heavy atom. The van der Waals surface area contributed by atoms with E-state index in [1.165, 1.54) is 0 Å². The largest absolute Gasteiger partial charge is 0.469 e. The van der Waals surface area contributed by atoms with Crippen LogP contribution < -0.4 is 5.73 Å². The fourth-order valence-corrected chi connectivity index (χ4v) is 1.72. The first-order chi connectivity index (χ1) is 8.10. The van der Waals surface area contributed by atoms with E-state index in [1.807, 2.05) is 13.8 Å². The van der Waals surface area contributed by atoms with E-state index in [0.29, 0.717) is 36.5 Å². The first kappa shape index (κ1) is 13.7. The van der Waals surface area contributed by atoms with Crippen molar-refractivity contribution in [1.29, 1.82) is 0 Å². The van der Waals surface area contributed by atoms with Crippen molar-refractivity contribution in [2.75, 3.05) is 13.1 Å². The Kier molecular flexibility index (Phi) is 5.15. The number of furan rings is 1. The minimum absolute atomic E-state index is 0.0191. The fraction of sp³-hybridized carbons (Fsp3) is 0.500. The summed E-state index contributed by atoms with van der Waals surface area (Å²) in [5.74, 6) is 0.707. The number of thiocarbonyl (C=S) groups is 1. The van der Waals surface area contributed by atoms with Crippen molar-refractivity contribution in [2.24, 2.45) is 5.73 Å². The van der Waals surface area contributed by atoms with Gasteiger partial charge in [0.2, 0.25) is 0 Å². The number of rotatable bonds is 6. The molecule has 0 fully saturated rings. The quantitative estimate of drug-likeness (QED) is 0.789. The van der Waals surface area contributed by atoms with Gasteiger partial charge in [0.05, 0.1) is 16.8 Å². The molecule has 0 saturated heterocycles. The van der Waals surface area contributed by atoms with Crippen molar-refractivity contribution < 1.29 is 9.21 Å². The number of hydrogen-bond donors (Lipinski definition) is 1. The van der Waals surface area contributed by atoms with Crippen LogP contribution in [0.1, 0.15) is 36.4 Å². The van der Waals surface area contributed by atoms with E-state index >= 15 is 0 Å². The lowest BCUT2D eigenvalue weighted by molar-refractivity contribution is 0.0766. The highest BCUT2D eigenvalue weighted by atomic mass is 32.1. The van der Waals surface area contributed by atoms with Gasteiger partial charge in [0.25, 0.3) is 5.91 Å². The Hall–Kier alpha value is -1.36. The number of nitrogens with two attached hydrogens (primary N) is 1. The van der Waals surface area contributed by atoms with Crippen LogP contribution in [-0.4, -0.2) is 28.9 Å². The molecule has 0 aliphatic heterocycles. The molecular formula is C12H18N2O2S.